The fourth-order valence-electron chi connectivity index (χ4n) is 7.23. The number of imidazole rings is 1. The lowest BCUT2D eigenvalue weighted by atomic mass is 9.82. The summed E-state index contributed by atoms with van der Waals surface area (Å²) in [6.07, 6.45) is 9.80. The van der Waals surface area contributed by atoms with Crippen molar-refractivity contribution in [1.29, 1.82) is 0 Å². The molecule has 1 saturated carbocycles. The molecule has 302 valence electrons. The number of aromatic nitrogens is 2. The van der Waals surface area contributed by atoms with Gasteiger partial charge in [0.15, 0.2) is 0 Å². The second-order valence-corrected chi connectivity index (χ2v) is 16.4. The van der Waals surface area contributed by atoms with Crippen LogP contribution in [0.3, 0.4) is 0 Å². The second kappa shape index (κ2) is 22.8. The molecule has 1 aliphatic carbocycles. The summed E-state index contributed by atoms with van der Waals surface area (Å²) >= 11 is 1.83. The lowest BCUT2D eigenvalue weighted by Crippen LogP contribution is -2.59. The van der Waals surface area contributed by atoms with Crippen LogP contribution in [0.4, 0.5) is 9.59 Å². The number of thioether (sulfide) groups is 1. The Hall–Kier alpha value is -3.49. The number of nitrogens with one attached hydrogen (secondary N) is 3. The van der Waals surface area contributed by atoms with E-state index in [0.29, 0.717) is 44.1 Å². The van der Waals surface area contributed by atoms with Gasteiger partial charge in [-0.1, -0.05) is 76.3 Å². The largest absolute Gasteiger partial charge is 0.391 e. The Bertz CT molecular complexity index is 1430. The highest BCUT2D eigenvalue weighted by Gasteiger charge is 2.36. The highest BCUT2D eigenvalue weighted by molar-refractivity contribution is 7.99. The molecule has 54 heavy (non-hydrogen) atoms. The molecule has 13 nitrogen and oxygen atoms in total. The van der Waals surface area contributed by atoms with Gasteiger partial charge >= 0.3 is 12.1 Å². The number of aromatic amines is 1. The zero-order valence-electron chi connectivity index (χ0n) is 32.7. The molecular formula is C39H63ClN8O5S. The zero-order chi connectivity index (χ0) is 38.3. The van der Waals surface area contributed by atoms with Crippen LogP contribution >= 0.6 is 24.2 Å². The van der Waals surface area contributed by atoms with Crippen molar-refractivity contribution in [2.75, 3.05) is 58.8 Å². The Morgan fingerprint density at radius 2 is 1.63 bits per heavy atom. The van der Waals surface area contributed by atoms with E-state index in [-0.39, 0.29) is 49.6 Å². The molecule has 4 N–H and O–H groups in total. The van der Waals surface area contributed by atoms with E-state index in [0.717, 1.165) is 42.8 Å². The van der Waals surface area contributed by atoms with E-state index in [1.165, 1.54) is 22.5 Å². The number of aliphatic hydroxyl groups is 1. The van der Waals surface area contributed by atoms with Crippen molar-refractivity contribution < 1.29 is 24.3 Å². The van der Waals surface area contributed by atoms with Crippen molar-refractivity contribution in [3.8, 4) is 0 Å². The van der Waals surface area contributed by atoms with Gasteiger partial charge in [-0.05, 0) is 30.2 Å². The average Bonchev–Trinajstić information content (AvgIpc) is 3.68. The summed E-state index contributed by atoms with van der Waals surface area (Å²) in [6.45, 7) is 6.13. The molecule has 1 saturated heterocycles. The van der Waals surface area contributed by atoms with Gasteiger partial charge in [0.25, 0.3) is 0 Å². The van der Waals surface area contributed by atoms with Crippen molar-refractivity contribution in [2.24, 2.45) is 11.8 Å². The fraction of sp³-hybridized carbons (Fsp3) is 0.667. The molecule has 4 rings (SSSR count). The number of aliphatic hydroxyl groups excluding tert-OH is 1. The zero-order valence-corrected chi connectivity index (χ0v) is 34.4. The number of carbonyl (C=O) groups is 4. The van der Waals surface area contributed by atoms with Gasteiger partial charge < -0.3 is 40.3 Å². The second-order valence-electron chi connectivity index (χ2n) is 15.2. The summed E-state index contributed by atoms with van der Waals surface area (Å²) in [4.78, 5) is 69.0. The summed E-state index contributed by atoms with van der Waals surface area (Å²) in [7, 11) is 4.97. The fourth-order valence-corrected chi connectivity index (χ4v) is 8.13. The van der Waals surface area contributed by atoms with Gasteiger partial charge in [0, 0.05) is 77.9 Å². The summed E-state index contributed by atoms with van der Waals surface area (Å²) in [5, 5.41) is 17.4. The van der Waals surface area contributed by atoms with Crippen LogP contribution in [0.5, 0.6) is 0 Å². The number of nitrogens with zero attached hydrogens (tertiary/aromatic N) is 5. The van der Waals surface area contributed by atoms with Crippen LogP contribution < -0.4 is 10.6 Å². The van der Waals surface area contributed by atoms with E-state index >= 15 is 0 Å². The number of benzene rings is 1. The topological polar surface area (TPSA) is 154 Å². The number of halogens is 1. The minimum absolute atomic E-state index is 0. The van der Waals surface area contributed by atoms with Crippen LogP contribution in [-0.4, -0.2) is 142 Å². The van der Waals surface area contributed by atoms with E-state index in [9.17, 15) is 24.3 Å². The number of likely N-dealkylation sites (N-methyl/N-ethyl adjacent to an activating group) is 3. The molecule has 1 aliphatic heterocycles. The van der Waals surface area contributed by atoms with Crippen LogP contribution in [0.25, 0.3) is 0 Å². The molecule has 0 unspecified atom stereocenters. The lowest BCUT2D eigenvalue weighted by molar-refractivity contribution is -0.141. The normalized spacial score (nSPS) is 17.1. The first-order chi connectivity index (χ1) is 25.4. The number of hydrogen-bond acceptors (Lipinski definition) is 7. The van der Waals surface area contributed by atoms with E-state index in [2.05, 4.69) is 34.4 Å². The maximum atomic E-state index is 14.5. The van der Waals surface area contributed by atoms with Crippen LogP contribution in [0, 0.1) is 11.8 Å². The van der Waals surface area contributed by atoms with Gasteiger partial charge in [-0.25, -0.2) is 14.6 Å². The smallest absolute Gasteiger partial charge is 0.319 e. The molecule has 2 aliphatic rings. The SMILES string of the molecule is CC(C)C[C@H](O)[C@H](CC1CCCCC1)NC(=O)[C@H](Cc1c[nH]cn1)N(C)C(=O)[C@H](Cc1ccccc1)NC(=O)N(C)CCN(C)C(=O)N1CCSCC1.Cl. The number of rotatable bonds is 17. The van der Waals surface area contributed by atoms with Gasteiger partial charge in [0.1, 0.15) is 12.1 Å². The third-order valence-corrected chi connectivity index (χ3v) is 11.4. The monoisotopic (exact) mass is 790 g/mol. The number of urea groups is 2. The van der Waals surface area contributed by atoms with E-state index in [4.69, 9.17) is 0 Å². The lowest BCUT2D eigenvalue weighted by Gasteiger charge is -2.35. The van der Waals surface area contributed by atoms with Crippen LogP contribution in [0.2, 0.25) is 0 Å². The number of hydrogen-bond donors (Lipinski definition) is 4. The third kappa shape index (κ3) is 14.0. The maximum Gasteiger partial charge on any atom is 0.319 e. The molecule has 0 spiro atoms. The Morgan fingerprint density at radius 1 is 0.963 bits per heavy atom. The van der Waals surface area contributed by atoms with Gasteiger partial charge in [0.2, 0.25) is 11.8 Å². The van der Waals surface area contributed by atoms with Crippen molar-refractivity contribution >= 4 is 48.0 Å². The summed E-state index contributed by atoms with van der Waals surface area (Å²) < 4.78 is 0. The average molecular weight is 792 g/mol. The van der Waals surface area contributed by atoms with E-state index < -0.39 is 36.2 Å². The Morgan fingerprint density at radius 3 is 2.26 bits per heavy atom. The van der Waals surface area contributed by atoms with Gasteiger partial charge in [0.05, 0.1) is 24.2 Å². The highest BCUT2D eigenvalue weighted by atomic mass is 35.5. The third-order valence-electron chi connectivity index (χ3n) is 10.5. The highest BCUT2D eigenvalue weighted by Crippen LogP contribution is 2.29. The molecular weight excluding hydrogens is 728 g/mol. The molecule has 0 radical (unpaired) electrons. The van der Waals surface area contributed by atoms with Crippen LogP contribution in [0.1, 0.15) is 70.1 Å². The predicted molar refractivity (Wildman–Crippen MR) is 217 cm³/mol. The van der Waals surface area contributed by atoms with Crippen molar-refractivity contribution in [1.82, 2.24) is 40.2 Å². The molecule has 15 heteroatoms. The molecule has 0 bridgehead atoms. The summed E-state index contributed by atoms with van der Waals surface area (Å²) in [5.74, 6) is 1.71. The first kappa shape index (κ1) is 44.9. The van der Waals surface area contributed by atoms with Gasteiger partial charge in [-0.2, -0.15) is 11.8 Å². The maximum absolute atomic E-state index is 14.5. The van der Waals surface area contributed by atoms with Gasteiger partial charge in [-0.3, -0.25) is 9.59 Å². The number of H-pyrrole nitrogens is 1. The quantitative estimate of drug-likeness (QED) is 0.185. The van der Waals surface area contributed by atoms with Gasteiger partial charge in [-0.15, -0.1) is 12.4 Å². The van der Waals surface area contributed by atoms with Crippen molar-refractivity contribution in [2.45, 2.75) is 95.9 Å². The molecule has 2 aromatic rings. The standard InChI is InChI=1S/C39H62N8O5S.ClH/c1-28(2)22-35(48)32(23-29-12-8-6-9-13-29)42-36(49)34(25-31-26-40-27-41-31)46(5)37(50)33(24-30-14-10-7-11-15-30)43-38(51)44(3)16-17-45(4)39(52)47-18-20-53-21-19-47;/h7,10-11,14-15,26-29,32-35,48H,6,8-9,12-13,16-25H2,1-5H3,(H,40,41)(H,42,49)(H,43,51);1H/t32-,33-,34-,35-;/m0./s1. The molecule has 6 amide bonds. The predicted octanol–water partition coefficient (Wildman–Crippen LogP) is 4.42. The summed E-state index contributed by atoms with van der Waals surface area (Å²) in [5.41, 5.74) is 1.46. The first-order valence-electron chi connectivity index (χ1n) is 19.3. The van der Waals surface area contributed by atoms with Crippen molar-refractivity contribution in [3.05, 3.63) is 54.1 Å². The Labute approximate surface area is 332 Å². The van der Waals surface area contributed by atoms with E-state index in [1.54, 1.807) is 32.2 Å². The molecule has 2 fully saturated rings. The number of amides is 6. The number of carbonyl (C=O) groups excluding carboxylic acids is 4. The molecule has 1 aromatic carbocycles. The van der Waals surface area contributed by atoms with Crippen LogP contribution in [-0.2, 0) is 22.4 Å². The minimum Gasteiger partial charge on any atom is -0.391 e. The first-order valence-corrected chi connectivity index (χ1v) is 20.4. The summed E-state index contributed by atoms with van der Waals surface area (Å²) in [6, 6.07) is 6.54. The molecule has 2 heterocycles. The Balaban J connectivity index is 0.00000784. The van der Waals surface area contributed by atoms with E-state index in [1.807, 2.05) is 47.0 Å². The minimum atomic E-state index is -0.985. The van der Waals surface area contributed by atoms with Crippen LogP contribution in [0.15, 0.2) is 42.9 Å². The molecule has 4 atom stereocenters. The van der Waals surface area contributed by atoms with Crippen molar-refractivity contribution in [3.63, 3.8) is 0 Å². The Kier molecular flexibility index (Phi) is 18.9. The molecule has 1 aromatic heterocycles.